The summed E-state index contributed by atoms with van der Waals surface area (Å²) in [4.78, 5) is 23.1. The molecule has 1 aromatic carbocycles. The summed E-state index contributed by atoms with van der Waals surface area (Å²) in [6.07, 6.45) is 2.07. The van der Waals surface area contributed by atoms with Crippen LogP contribution in [0.5, 0.6) is 5.75 Å². The average molecular weight is 279 g/mol. The fourth-order valence-electron chi connectivity index (χ4n) is 1.55. The van der Waals surface area contributed by atoms with E-state index in [9.17, 15) is 9.59 Å². The largest absolute Gasteiger partial charge is 0.494 e. The molecule has 20 heavy (non-hydrogen) atoms. The number of carbonyl (C=O) groups excluding carboxylic acids is 2. The number of amides is 1. The van der Waals surface area contributed by atoms with Gasteiger partial charge in [-0.25, -0.2) is 4.79 Å². The van der Waals surface area contributed by atoms with Crippen LogP contribution in [0, 0.1) is 0 Å². The Morgan fingerprint density at radius 2 is 1.90 bits per heavy atom. The van der Waals surface area contributed by atoms with Gasteiger partial charge in [0.1, 0.15) is 11.8 Å². The molecule has 0 saturated carbocycles. The zero-order chi connectivity index (χ0) is 15.0. The molecular weight excluding hydrogens is 258 g/mol. The van der Waals surface area contributed by atoms with Gasteiger partial charge in [-0.2, -0.15) is 0 Å². The molecule has 0 saturated heterocycles. The van der Waals surface area contributed by atoms with Gasteiger partial charge in [-0.3, -0.25) is 4.79 Å². The van der Waals surface area contributed by atoms with Gasteiger partial charge in [-0.1, -0.05) is 13.3 Å². The highest BCUT2D eigenvalue weighted by atomic mass is 16.5. The minimum atomic E-state index is -0.673. The number of hydrogen-bond acceptors (Lipinski definition) is 4. The van der Waals surface area contributed by atoms with E-state index in [1.54, 1.807) is 31.2 Å². The lowest BCUT2D eigenvalue weighted by molar-refractivity contribution is -0.142. The van der Waals surface area contributed by atoms with Gasteiger partial charge in [0.05, 0.1) is 13.7 Å². The van der Waals surface area contributed by atoms with E-state index in [1.807, 2.05) is 0 Å². The SMILES string of the molecule is CCCCOc1ccc(C(=O)NC(C)C(=O)OC)cc1. The van der Waals surface area contributed by atoms with E-state index in [-0.39, 0.29) is 5.91 Å². The van der Waals surface area contributed by atoms with Crippen molar-refractivity contribution >= 4 is 11.9 Å². The number of nitrogens with one attached hydrogen (secondary N) is 1. The topological polar surface area (TPSA) is 64.6 Å². The molecule has 1 unspecified atom stereocenters. The van der Waals surface area contributed by atoms with Crippen molar-refractivity contribution in [1.82, 2.24) is 5.32 Å². The predicted octanol–water partition coefficient (Wildman–Crippen LogP) is 2.16. The van der Waals surface area contributed by atoms with Gasteiger partial charge in [0.15, 0.2) is 0 Å². The van der Waals surface area contributed by atoms with Crippen molar-refractivity contribution in [3.8, 4) is 5.75 Å². The summed E-state index contributed by atoms with van der Waals surface area (Å²) >= 11 is 0. The molecule has 1 atom stereocenters. The lowest BCUT2D eigenvalue weighted by atomic mass is 10.2. The second kappa shape index (κ2) is 8.19. The van der Waals surface area contributed by atoms with E-state index in [1.165, 1.54) is 7.11 Å². The van der Waals surface area contributed by atoms with Crippen molar-refractivity contribution in [1.29, 1.82) is 0 Å². The summed E-state index contributed by atoms with van der Waals surface area (Å²) in [6, 6.07) is 6.15. The molecule has 0 fully saturated rings. The number of hydrogen-bond donors (Lipinski definition) is 1. The van der Waals surface area contributed by atoms with Crippen LogP contribution in [0.4, 0.5) is 0 Å². The van der Waals surface area contributed by atoms with Gasteiger partial charge >= 0.3 is 5.97 Å². The van der Waals surface area contributed by atoms with Crippen molar-refractivity contribution in [3.63, 3.8) is 0 Å². The van der Waals surface area contributed by atoms with Crippen LogP contribution < -0.4 is 10.1 Å². The zero-order valence-electron chi connectivity index (χ0n) is 12.1. The van der Waals surface area contributed by atoms with E-state index in [0.717, 1.165) is 18.6 Å². The number of ether oxygens (including phenoxy) is 2. The van der Waals surface area contributed by atoms with Gasteiger partial charge in [0.2, 0.25) is 0 Å². The molecule has 0 bridgehead atoms. The highest BCUT2D eigenvalue weighted by molar-refractivity contribution is 5.96. The number of rotatable bonds is 7. The number of esters is 1. The molecule has 0 radical (unpaired) electrons. The molecule has 1 aromatic rings. The predicted molar refractivity (Wildman–Crippen MR) is 75.8 cm³/mol. The Morgan fingerprint density at radius 1 is 1.25 bits per heavy atom. The molecule has 0 aromatic heterocycles. The second-order valence-electron chi connectivity index (χ2n) is 4.44. The van der Waals surface area contributed by atoms with Gasteiger partial charge < -0.3 is 14.8 Å². The van der Waals surface area contributed by atoms with Crippen LogP contribution >= 0.6 is 0 Å². The minimum absolute atomic E-state index is 0.317. The Bertz CT molecular complexity index is 442. The van der Waals surface area contributed by atoms with E-state index in [2.05, 4.69) is 17.0 Å². The number of benzene rings is 1. The summed E-state index contributed by atoms with van der Waals surface area (Å²) in [5.74, 6) is -0.0584. The van der Waals surface area contributed by atoms with Crippen molar-refractivity contribution in [2.24, 2.45) is 0 Å². The molecule has 0 heterocycles. The third-order valence-corrected chi connectivity index (χ3v) is 2.79. The molecule has 1 N–H and O–H groups in total. The van der Waals surface area contributed by atoms with Crippen LogP contribution in [0.3, 0.4) is 0 Å². The maximum atomic E-state index is 11.9. The maximum Gasteiger partial charge on any atom is 0.328 e. The van der Waals surface area contributed by atoms with E-state index < -0.39 is 12.0 Å². The molecule has 0 aliphatic rings. The van der Waals surface area contributed by atoms with Gasteiger partial charge in [0, 0.05) is 5.56 Å². The van der Waals surface area contributed by atoms with Gasteiger partial charge in [-0.15, -0.1) is 0 Å². The van der Waals surface area contributed by atoms with Crippen LogP contribution in [0.25, 0.3) is 0 Å². The lowest BCUT2D eigenvalue weighted by Gasteiger charge is -2.12. The lowest BCUT2D eigenvalue weighted by Crippen LogP contribution is -2.39. The first kappa shape index (κ1) is 16.0. The smallest absolute Gasteiger partial charge is 0.328 e. The molecule has 1 amide bonds. The Morgan fingerprint density at radius 3 is 2.45 bits per heavy atom. The monoisotopic (exact) mass is 279 g/mol. The average Bonchev–Trinajstić information content (AvgIpc) is 2.47. The summed E-state index contributed by atoms with van der Waals surface area (Å²) in [7, 11) is 1.29. The molecule has 5 nitrogen and oxygen atoms in total. The minimum Gasteiger partial charge on any atom is -0.494 e. The van der Waals surface area contributed by atoms with Crippen LogP contribution in [0.2, 0.25) is 0 Å². The molecular formula is C15H21NO4. The Kier molecular flexibility index (Phi) is 6.56. The summed E-state index contributed by atoms with van der Waals surface area (Å²) in [5, 5.41) is 2.56. The zero-order valence-corrected chi connectivity index (χ0v) is 12.1. The third kappa shape index (κ3) is 4.91. The summed E-state index contributed by atoms with van der Waals surface area (Å²) < 4.78 is 10.1. The van der Waals surface area contributed by atoms with Crippen molar-refractivity contribution < 1.29 is 19.1 Å². The summed E-state index contributed by atoms with van der Waals surface area (Å²) in [5.41, 5.74) is 0.476. The van der Waals surface area contributed by atoms with Gasteiger partial charge in [-0.05, 0) is 37.6 Å². The third-order valence-electron chi connectivity index (χ3n) is 2.79. The maximum absolute atomic E-state index is 11.9. The number of unbranched alkanes of at least 4 members (excludes halogenated alkanes) is 1. The number of carbonyl (C=O) groups is 2. The van der Waals surface area contributed by atoms with Crippen LogP contribution in [0.15, 0.2) is 24.3 Å². The fourth-order valence-corrected chi connectivity index (χ4v) is 1.55. The molecule has 0 spiro atoms. The Balaban J connectivity index is 2.55. The molecule has 0 aliphatic heterocycles. The van der Waals surface area contributed by atoms with E-state index >= 15 is 0 Å². The molecule has 0 aliphatic carbocycles. The first-order valence-corrected chi connectivity index (χ1v) is 6.70. The second-order valence-corrected chi connectivity index (χ2v) is 4.44. The Hall–Kier alpha value is -2.04. The van der Waals surface area contributed by atoms with Gasteiger partial charge in [0.25, 0.3) is 5.91 Å². The molecule has 5 heteroatoms. The standard InChI is InChI=1S/C15H21NO4/c1-4-5-10-20-13-8-6-12(7-9-13)14(17)16-11(2)15(18)19-3/h6-9,11H,4-5,10H2,1-3H3,(H,16,17). The van der Waals surface area contributed by atoms with Crippen LogP contribution in [-0.2, 0) is 9.53 Å². The normalized spacial score (nSPS) is 11.6. The molecule has 1 rings (SSSR count). The Labute approximate surface area is 119 Å². The number of methoxy groups -OCH3 is 1. The fraction of sp³-hybridized carbons (Fsp3) is 0.467. The molecule has 110 valence electrons. The highest BCUT2D eigenvalue weighted by Crippen LogP contribution is 2.12. The van der Waals surface area contributed by atoms with Crippen LogP contribution in [0.1, 0.15) is 37.0 Å². The summed E-state index contributed by atoms with van der Waals surface area (Å²) in [6.45, 7) is 4.34. The van der Waals surface area contributed by atoms with E-state index in [0.29, 0.717) is 12.2 Å². The first-order valence-electron chi connectivity index (χ1n) is 6.70. The quantitative estimate of drug-likeness (QED) is 0.613. The van der Waals surface area contributed by atoms with Crippen LogP contribution in [-0.4, -0.2) is 31.6 Å². The van der Waals surface area contributed by atoms with Crippen molar-refractivity contribution in [2.75, 3.05) is 13.7 Å². The van der Waals surface area contributed by atoms with Crippen molar-refractivity contribution in [3.05, 3.63) is 29.8 Å². The van der Waals surface area contributed by atoms with E-state index in [4.69, 9.17) is 4.74 Å². The highest BCUT2D eigenvalue weighted by Gasteiger charge is 2.16. The first-order chi connectivity index (χ1) is 9.58. The van der Waals surface area contributed by atoms with Crippen molar-refractivity contribution in [2.45, 2.75) is 32.7 Å².